The number of aryl methyl sites for hydroxylation is 1. The van der Waals surface area contributed by atoms with E-state index in [-0.39, 0.29) is 11.3 Å². The highest BCUT2D eigenvalue weighted by Crippen LogP contribution is 2.21. The lowest BCUT2D eigenvalue weighted by Gasteiger charge is -2.17. The molecule has 0 aliphatic rings. The Hall–Kier alpha value is -3.42. The smallest absolute Gasteiger partial charge is 0.279 e. The van der Waals surface area contributed by atoms with Gasteiger partial charge in [-0.2, -0.15) is 0 Å². The molecule has 2 aromatic carbocycles. The number of carbonyl (C=O) groups is 2. The van der Waals surface area contributed by atoms with Crippen molar-refractivity contribution in [1.29, 1.82) is 0 Å². The molecule has 26 heavy (non-hydrogen) atoms. The van der Waals surface area contributed by atoms with Crippen LogP contribution in [0.4, 0.5) is 5.69 Å². The maximum atomic E-state index is 12.1. The second kappa shape index (κ2) is 8.11. The molecule has 8 nitrogen and oxygen atoms in total. The summed E-state index contributed by atoms with van der Waals surface area (Å²) in [7, 11) is 0. The van der Waals surface area contributed by atoms with Crippen LogP contribution in [0.25, 0.3) is 0 Å². The van der Waals surface area contributed by atoms with Gasteiger partial charge in [-0.1, -0.05) is 18.2 Å². The van der Waals surface area contributed by atoms with Gasteiger partial charge in [-0.05, 0) is 44.0 Å². The number of nitrogens with one attached hydrogen (secondary N) is 2. The predicted molar refractivity (Wildman–Crippen MR) is 94.7 cm³/mol. The van der Waals surface area contributed by atoms with Crippen LogP contribution in [0, 0.1) is 24.0 Å². The molecule has 0 fully saturated rings. The Labute approximate surface area is 150 Å². The van der Waals surface area contributed by atoms with Gasteiger partial charge in [0.25, 0.3) is 17.5 Å². The minimum absolute atomic E-state index is 0.0580. The molecule has 8 heteroatoms. The van der Waals surface area contributed by atoms with E-state index in [1.165, 1.54) is 18.2 Å². The van der Waals surface area contributed by atoms with Gasteiger partial charge in [-0.15, -0.1) is 0 Å². The molecule has 0 saturated carbocycles. The van der Waals surface area contributed by atoms with Gasteiger partial charge in [0.2, 0.25) is 0 Å². The summed E-state index contributed by atoms with van der Waals surface area (Å²) in [5.74, 6) is -0.636. The molecule has 2 N–H and O–H groups in total. The minimum atomic E-state index is -0.846. The van der Waals surface area contributed by atoms with E-state index in [0.29, 0.717) is 5.75 Å². The SMILES string of the molecule is Cc1cccc(OC(C)C(=O)NNC(=O)c2cccc([N+](=O)[O-])c2)c1C. The number of non-ortho nitro benzene ring substituents is 1. The van der Waals surface area contributed by atoms with Crippen LogP contribution in [0.1, 0.15) is 28.4 Å². The maximum absolute atomic E-state index is 12.1. The fourth-order valence-electron chi connectivity index (χ4n) is 2.15. The first-order valence-corrected chi connectivity index (χ1v) is 7.87. The number of nitrogens with zero attached hydrogens (tertiary/aromatic N) is 1. The first-order chi connectivity index (χ1) is 12.3. The fourth-order valence-corrected chi connectivity index (χ4v) is 2.15. The topological polar surface area (TPSA) is 111 Å². The third-order valence-corrected chi connectivity index (χ3v) is 3.85. The average Bonchev–Trinajstić information content (AvgIpc) is 2.63. The van der Waals surface area contributed by atoms with Crippen LogP contribution >= 0.6 is 0 Å². The molecule has 2 amide bonds. The van der Waals surface area contributed by atoms with E-state index in [2.05, 4.69) is 10.9 Å². The molecule has 2 rings (SSSR count). The van der Waals surface area contributed by atoms with E-state index in [1.54, 1.807) is 13.0 Å². The van der Waals surface area contributed by atoms with Crippen LogP contribution < -0.4 is 15.6 Å². The molecule has 2 aromatic rings. The number of hydrogen-bond donors (Lipinski definition) is 2. The zero-order valence-electron chi connectivity index (χ0n) is 14.6. The number of rotatable bonds is 5. The summed E-state index contributed by atoms with van der Waals surface area (Å²) in [5.41, 5.74) is 6.27. The van der Waals surface area contributed by atoms with Crippen molar-refractivity contribution in [3.8, 4) is 5.75 Å². The normalized spacial score (nSPS) is 11.3. The van der Waals surface area contributed by atoms with Gasteiger partial charge in [-0.3, -0.25) is 30.6 Å². The number of hydrazine groups is 1. The second-order valence-corrected chi connectivity index (χ2v) is 5.71. The zero-order valence-corrected chi connectivity index (χ0v) is 14.6. The van der Waals surface area contributed by atoms with E-state index in [0.717, 1.165) is 17.2 Å². The Morgan fingerprint density at radius 3 is 2.50 bits per heavy atom. The standard InChI is InChI=1S/C18H19N3O5/c1-11-6-4-9-16(12(11)2)26-13(3)17(22)19-20-18(23)14-7-5-8-15(10-14)21(24)25/h4-10,13H,1-3H3,(H,19,22)(H,20,23). The molecular formula is C18H19N3O5. The molecule has 0 aliphatic heterocycles. The molecule has 1 atom stereocenters. The summed E-state index contributed by atoms with van der Waals surface area (Å²) >= 11 is 0. The largest absolute Gasteiger partial charge is 0.481 e. The highest BCUT2D eigenvalue weighted by atomic mass is 16.6. The van der Waals surface area contributed by atoms with Crippen molar-refractivity contribution < 1.29 is 19.2 Å². The van der Waals surface area contributed by atoms with Crippen molar-refractivity contribution in [3.63, 3.8) is 0 Å². The van der Waals surface area contributed by atoms with E-state index in [1.807, 2.05) is 26.0 Å². The van der Waals surface area contributed by atoms with Gasteiger partial charge in [-0.25, -0.2) is 0 Å². The lowest BCUT2D eigenvalue weighted by atomic mass is 10.1. The van der Waals surface area contributed by atoms with Crippen LogP contribution in [0.2, 0.25) is 0 Å². The second-order valence-electron chi connectivity index (χ2n) is 5.71. The van der Waals surface area contributed by atoms with Crippen LogP contribution in [0.5, 0.6) is 5.75 Å². The zero-order chi connectivity index (χ0) is 19.3. The first kappa shape index (κ1) is 18.9. The number of nitro groups is 1. The minimum Gasteiger partial charge on any atom is -0.481 e. The Bertz CT molecular complexity index is 850. The summed E-state index contributed by atoms with van der Waals surface area (Å²) in [4.78, 5) is 34.3. The highest BCUT2D eigenvalue weighted by Gasteiger charge is 2.18. The number of amides is 2. The molecule has 0 saturated heterocycles. The first-order valence-electron chi connectivity index (χ1n) is 7.87. The molecule has 0 aliphatic carbocycles. The van der Waals surface area contributed by atoms with Crippen LogP contribution in [0.15, 0.2) is 42.5 Å². The quantitative estimate of drug-likeness (QED) is 0.631. The number of benzene rings is 2. The van der Waals surface area contributed by atoms with Gasteiger partial charge in [0.1, 0.15) is 5.75 Å². The molecule has 0 spiro atoms. The summed E-state index contributed by atoms with van der Waals surface area (Å²) in [6.45, 7) is 5.38. The van der Waals surface area contributed by atoms with Crippen molar-refractivity contribution in [3.05, 3.63) is 69.3 Å². The third-order valence-electron chi connectivity index (χ3n) is 3.85. The van der Waals surface area contributed by atoms with E-state index < -0.39 is 22.8 Å². The third kappa shape index (κ3) is 4.56. The van der Waals surface area contributed by atoms with Gasteiger partial charge < -0.3 is 4.74 Å². The number of nitro benzene ring substituents is 1. The van der Waals surface area contributed by atoms with Crippen LogP contribution in [-0.4, -0.2) is 22.8 Å². The van der Waals surface area contributed by atoms with Crippen LogP contribution in [0.3, 0.4) is 0 Å². The van der Waals surface area contributed by atoms with E-state index in [9.17, 15) is 19.7 Å². The molecular weight excluding hydrogens is 338 g/mol. The van der Waals surface area contributed by atoms with Crippen molar-refractivity contribution in [2.75, 3.05) is 0 Å². The van der Waals surface area contributed by atoms with Gasteiger partial charge in [0.05, 0.1) is 4.92 Å². The molecule has 1 unspecified atom stereocenters. The summed E-state index contributed by atoms with van der Waals surface area (Å²) in [6, 6.07) is 10.7. The van der Waals surface area contributed by atoms with E-state index in [4.69, 9.17) is 4.74 Å². The number of hydrogen-bond acceptors (Lipinski definition) is 5. The molecule has 136 valence electrons. The molecule has 0 heterocycles. The molecule has 0 bridgehead atoms. The van der Waals surface area contributed by atoms with Crippen molar-refractivity contribution in [1.82, 2.24) is 10.9 Å². The fraction of sp³-hybridized carbons (Fsp3) is 0.222. The van der Waals surface area contributed by atoms with Crippen molar-refractivity contribution >= 4 is 17.5 Å². The Morgan fingerprint density at radius 2 is 1.81 bits per heavy atom. The molecule has 0 aromatic heterocycles. The summed E-state index contributed by atoms with van der Waals surface area (Å²) in [5, 5.41) is 10.7. The number of ether oxygens (including phenoxy) is 1. The summed E-state index contributed by atoms with van der Waals surface area (Å²) in [6.07, 6.45) is -0.846. The predicted octanol–water partition coefficient (Wildman–Crippen LogP) is 2.44. The Morgan fingerprint density at radius 1 is 1.12 bits per heavy atom. The Balaban J connectivity index is 1.95. The van der Waals surface area contributed by atoms with Gasteiger partial charge >= 0.3 is 0 Å². The maximum Gasteiger partial charge on any atom is 0.279 e. The van der Waals surface area contributed by atoms with E-state index >= 15 is 0 Å². The van der Waals surface area contributed by atoms with Crippen molar-refractivity contribution in [2.24, 2.45) is 0 Å². The monoisotopic (exact) mass is 357 g/mol. The lowest BCUT2D eigenvalue weighted by molar-refractivity contribution is -0.384. The van der Waals surface area contributed by atoms with Gasteiger partial charge in [0, 0.05) is 17.7 Å². The summed E-state index contributed by atoms with van der Waals surface area (Å²) < 4.78 is 5.62. The average molecular weight is 357 g/mol. The van der Waals surface area contributed by atoms with Crippen molar-refractivity contribution in [2.45, 2.75) is 26.9 Å². The Kier molecular flexibility index (Phi) is 5.90. The highest BCUT2D eigenvalue weighted by molar-refractivity contribution is 5.96. The van der Waals surface area contributed by atoms with Crippen LogP contribution in [-0.2, 0) is 4.79 Å². The number of carbonyl (C=O) groups excluding carboxylic acids is 2. The lowest BCUT2D eigenvalue weighted by Crippen LogP contribution is -2.47. The van der Waals surface area contributed by atoms with Gasteiger partial charge in [0.15, 0.2) is 6.10 Å². The molecule has 0 radical (unpaired) electrons.